The Kier molecular flexibility index (Phi) is 4.96. The molecule has 3 atom stereocenters. The number of para-hydroxylation sites is 1. The molecule has 1 heterocycles. The highest BCUT2D eigenvalue weighted by atomic mass is 16.5. The van der Waals surface area contributed by atoms with Crippen LogP contribution < -0.4 is 10.2 Å². The molecule has 2 amide bonds. The van der Waals surface area contributed by atoms with E-state index < -0.39 is 0 Å². The van der Waals surface area contributed by atoms with Crippen molar-refractivity contribution in [3.05, 3.63) is 30.3 Å². The number of benzene rings is 1. The van der Waals surface area contributed by atoms with Gasteiger partial charge in [-0.3, -0.25) is 9.59 Å². The van der Waals surface area contributed by atoms with Gasteiger partial charge in [-0.05, 0) is 38.3 Å². The lowest BCUT2D eigenvalue weighted by molar-refractivity contribution is -0.126. The molecule has 0 radical (unpaired) electrons. The Hall–Kier alpha value is -1.88. The number of anilines is 1. The first kappa shape index (κ1) is 16.0. The maximum atomic E-state index is 12.6. The topological polar surface area (TPSA) is 58.6 Å². The number of carbonyl (C=O) groups excluding carboxylic acids is 2. The first-order chi connectivity index (χ1) is 11.2. The van der Waals surface area contributed by atoms with Gasteiger partial charge in [0.05, 0.1) is 17.9 Å². The first-order valence-corrected chi connectivity index (χ1v) is 8.46. The third-order valence-corrected chi connectivity index (χ3v) is 4.62. The van der Waals surface area contributed by atoms with Crippen molar-refractivity contribution in [2.24, 2.45) is 11.8 Å². The predicted molar refractivity (Wildman–Crippen MR) is 88.0 cm³/mol. The van der Waals surface area contributed by atoms with E-state index in [0.717, 1.165) is 25.1 Å². The summed E-state index contributed by atoms with van der Waals surface area (Å²) in [7, 11) is 0. The fourth-order valence-electron chi connectivity index (χ4n) is 3.18. The molecule has 5 heteroatoms. The number of ether oxygens (including phenoxy) is 1. The Morgan fingerprint density at radius 2 is 2.04 bits per heavy atom. The lowest BCUT2D eigenvalue weighted by Crippen LogP contribution is -2.36. The molecule has 3 rings (SSSR count). The van der Waals surface area contributed by atoms with Crippen molar-refractivity contribution in [2.75, 3.05) is 24.6 Å². The fraction of sp³-hybridized carbons (Fsp3) is 0.556. The summed E-state index contributed by atoms with van der Waals surface area (Å²) in [6.45, 7) is 3.92. The maximum absolute atomic E-state index is 12.6. The summed E-state index contributed by atoms with van der Waals surface area (Å²) >= 11 is 0. The molecule has 0 spiro atoms. The summed E-state index contributed by atoms with van der Waals surface area (Å²) in [5.41, 5.74) is 0.894. The summed E-state index contributed by atoms with van der Waals surface area (Å²) in [5, 5.41) is 2.93. The minimum absolute atomic E-state index is 0.0111. The number of hydrogen-bond acceptors (Lipinski definition) is 3. The van der Waals surface area contributed by atoms with E-state index in [9.17, 15) is 9.59 Å². The van der Waals surface area contributed by atoms with Gasteiger partial charge in [-0.25, -0.2) is 0 Å². The molecule has 5 nitrogen and oxygen atoms in total. The van der Waals surface area contributed by atoms with Crippen LogP contribution in [-0.4, -0.2) is 37.6 Å². The predicted octanol–water partition coefficient (Wildman–Crippen LogP) is 1.97. The summed E-state index contributed by atoms with van der Waals surface area (Å²) in [5.74, 6) is -0.319. The number of hydrogen-bond donors (Lipinski definition) is 1. The second-order valence-electron chi connectivity index (χ2n) is 6.25. The van der Waals surface area contributed by atoms with Crippen LogP contribution >= 0.6 is 0 Å². The standard InChI is InChI=1S/C18H24N2O3/c1-2-20(13-7-4-3-5-8-13)18(22)16-11-15(16)17(21)19-12-14-9-6-10-23-14/h3-5,7-8,14-16H,2,6,9-12H2,1H3,(H,19,21). The van der Waals surface area contributed by atoms with E-state index in [-0.39, 0.29) is 29.8 Å². The second kappa shape index (κ2) is 7.13. The van der Waals surface area contributed by atoms with Crippen molar-refractivity contribution >= 4 is 17.5 Å². The summed E-state index contributed by atoms with van der Waals surface area (Å²) in [4.78, 5) is 26.6. The van der Waals surface area contributed by atoms with E-state index in [2.05, 4.69) is 5.32 Å². The molecule has 1 saturated carbocycles. The molecule has 1 aromatic carbocycles. The Morgan fingerprint density at radius 1 is 1.26 bits per heavy atom. The van der Waals surface area contributed by atoms with Crippen molar-refractivity contribution in [2.45, 2.75) is 32.3 Å². The minimum atomic E-state index is -0.181. The van der Waals surface area contributed by atoms with Gasteiger partial charge in [-0.1, -0.05) is 18.2 Å². The summed E-state index contributed by atoms with van der Waals surface area (Å²) < 4.78 is 5.50. The zero-order chi connectivity index (χ0) is 16.2. The molecular weight excluding hydrogens is 292 g/mol. The fourth-order valence-corrected chi connectivity index (χ4v) is 3.18. The molecule has 1 saturated heterocycles. The van der Waals surface area contributed by atoms with E-state index in [0.29, 0.717) is 19.5 Å². The smallest absolute Gasteiger partial charge is 0.230 e. The molecule has 1 aliphatic carbocycles. The molecule has 1 aliphatic heterocycles. The molecule has 1 N–H and O–H groups in total. The van der Waals surface area contributed by atoms with Crippen LogP contribution in [0.5, 0.6) is 0 Å². The van der Waals surface area contributed by atoms with Gasteiger partial charge in [0.15, 0.2) is 0 Å². The molecule has 0 bridgehead atoms. The van der Waals surface area contributed by atoms with Crippen molar-refractivity contribution in [1.29, 1.82) is 0 Å². The highest BCUT2D eigenvalue weighted by molar-refractivity contribution is 6.01. The van der Waals surface area contributed by atoms with Gasteiger partial charge < -0.3 is 15.0 Å². The summed E-state index contributed by atoms with van der Waals surface area (Å²) in [6.07, 6.45) is 2.86. The van der Waals surface area contributed by atoms with E-state index in [1.807, 2.05) is 37.3 Å². The Bertz CT molecular complexity index is 555. The van der Waals surface area contributed by atoms with Crippen molar-refractivity contribution in [1.82, 2.24) is 5.32 Å². The van der Waals surface area contributed by atoms with Gasteiger partial charge >= 0.3 is 0 Å². The van der Waals surface area contributed by atoms with Crippen LogP contribution in [0.15, 0.2) is 30.3 Å². The van der Waals surface area contributed by atoms with Crippen molar-refractivity contribution in [3.8, 4) is 0 Å². The van der Waals surface area contributed by atoms with Gasteiger partial charge in [0, 0.05) is 25.4 Å². The molecule has 124 valence electrons. The summed E-state index contributed by atoms with van der Waals surface area (Å²) in [6, 6.07) is 9.63. The van der Waals surface area contributed by atoms with Gasteiger partial charge in [0.25, 0.3) is 0 Å². The molecule has 1 aromatic rings. The Balaban J connectivity index is 1.52. The number of nitrogens with zero attached hydrogens (tertiary/aromatic N) is 1. The third kappa shape index (κ3) is 3.72. The maximum Gasteiger partial charge on any atom is 0.230 e. The number of carbonyl (C=O) groups is 2. The SMILES string of the molecule is CCN(C(=O)C1CC1C(=O)NCC1CCCO1)c1ccccc1. The number of nitrogens with one attached hydrogen (secondary N) is 1. The van der Waals surface area contributed by atoms with Gasteiger partial charge in [-0.2, -0.15) is 0 Å². The molecule has 23 heavy (non-hydrogen) atoms. The van der Waals surface area contributed by atoms with Crippen LogP contribution in [0.25, 0.3) is 0 Å². The van der Waals surface area contributed by atoms with Crippen LogP contribution in [-0.2, 0) is 14.3 Å². The van der Waals surface area contributed by atoms with E-state index in [1.54, 1.807) is 4.90 Å². The molecule has 2 aliphatic rings. The van der Waals surface area contributed by atoms with Gasteiger partial charge in [-0.15, -0.1) is 0 Å². The van der Waals surface area contributed by atoms with Crippen molar-refractivity contribution < 1.29 is 14.3 Å². The molecule has 2 fully saturated rings. The van der Waals surface area contributed by atoms with Crippen LogP contribution in [0.1, 0.15) is 26.2 Å². The second-order valence-corrected chi connectivity index (χ2v) is 6.25. The normalized spacial score (nSPS) is 25.9. The van der Waals surface area contributed by atoms with E-state index in [4.69, 9.17) is 4.74 Å². The largest absolute Gasteiger partial charge is 0.376 e. The zero-order valence-corrected chi connectivity index (χ0v) is 13.5. The zero-order valence-electron chi connectivity index (χ0n) is 13.5. The van der Waals surface area contributed by atoms with Crippen LogP contribution in [0.2, 0.25) is 0 Å². The average molecular weight is 316 g/mol. The van der Waals surface area contributed by atoms with E-state index >= 15 is 0 Å². The number of rotatable bonds is 6. The quantitative estimate of drug-likeness (QED) is 0.873. The average Bonchev–Trinajstić information content (AvgIpc) is 3.22. The van der Waals surface area contributed by atoms with Crippen molar-refractivity contribution in [3.63, 3.8) is 0 Å². The molecular formula is C18H24N2O3. The number of amides is 2. The van der Waals surface area contributed by atoms with Gasteiger partial charge in [0.1, 0.15) is 0 Å². The molecule has 3 unspecified atom stereocenters. The van der Waals surface area contributed by atoms with Crippen LogP contribution in [0, 0.1) is 11.8 Å². The van der Waals surface area contributed by atoms with Crippen LogP contribution in [0.4, 0.5) is 5.69 Å². The highest BCUT2D eigenvalue weighted by Gasteiger charge is 2.49. The minimum Gasteiger partial charge on any atom is -0.376 e. The van der Waals surface area contributed by atoms with Crippen LogP contribution in [0.3, 0.4) is 0 Å². The lowest BCUT2D eigenvalue weighted by atomic mass is 10.2. The first-order valence-electron chi connectivity index (χ1n) is 8.46. The Morgan fingerprint density at radius 3 is 2.70 bits per heavy atom. The van der Waals surface area contributed by atoms with E-state index in [1.165, 1.54) is 0 Å². The molecule has 0 aromatic heterocycles. The lowest BCUT2D eigenvalue weighted by Gasteiger charge is -2.21. The monoisotopic (exact) mass is 316 g/mol. The van der Waals surface area contributed by atoms with Gasteiger partial charge in [0.2, 0.25) is 11.8 Å². The third-order valence-electron chi connectivity index (χ3n) is 4.62. The Labute approximate surface area is 137 Å². The highest BCUT2D eigenvalue weighted by Crippen LogP contribution is 2.41.